The third-order valence-corrected chi connectivity index (χ3v) is 2.60. The molecule has 0 bridgehead atoms. The first-order chi connectivity index (χ1) is 8.13. The molecule has 1 fully saturated rings. The molecule has 0 spiro atoms. The summed E-state index contributed by atoms with van der Waals surface area (Å²) in [4.78, 5) is 28.4. The molecule has 0 aromatic carbocycles. The second kappa shape index (κ2) is 4.22. The average Bonchev–Trinajstić information content (AvgIpc) is 2.33. The van der Waals surface area contributed by atoms with Crippen molar-refractivity contribution >= 4 is 17.6 Å². The Morgan fingerprint density at radius 1 is 1.59 bits per heavy atom. The number of hydrogen-bond acceptors (Lipinski definition) is 5. The van der Waals surface area contributed by atoms with Gasteiger partial charge in [0.15, 0.2) is 0 Å². The van der Waals surface area contributed by atoms with Crippen molar-refractivity contribution in [2.24, 2.45) is 0 Å². The second-order valence-corrected chi connectivity index (χ2v) is 3.70. The van der Waals surface area contributed by atoms with E-state index >= 15 is 0 Å². The van der Waals surface area contributed by atoms with E-state index < -0.39 is 6.04 Å². The van der Waals surface area contributed by atoms with Crippen LogP contribution in [-0.4, -0.2) is 29.4 Å². The third-order valence-electron chi connectivity index (χ3n) is 2.60. The summed E-state index contributed by atoms with van der Waals surface area (Å²) in [6, 6.07) is 4.72. The minimum absolute atomic E-state index is 0.0264. The zero-order valence-electron chi connectivity index (χ0n) is 9.17. The summed E-state index contributed by atoms with van der Waals surface area (Å²) in [5.74, 6) is -0.399. The Bertz CT molecular complexity index is 520. The number of nitriles is 1. The summed E-state index contributed by atoms with van der Waals surface area (Å²) < 4.78 is 0. The van der Waals surface area contributed by atoms with E-state index in [0.717, 1.165) is 0 Å². The quantitative estimate of drug-likeness (QED) is 0.675. The predicted octanol–water partition coefficient (Wildman–Crippen LogP) is -0.195. The largest absolute Gasteiger partial charge is 0.334 e. The van der Waals surface area contributed by atoms with Gasteiger partial charge >= 0.3 is 0 Å². The topological polar surface area (TPSA) is 86.1 Å². The Morgan fingerprint density at radius 3 is 3.06 bits per heavy atom. The predicted molar refractivity (Wildman–Crippen MR) is 58.9 cm³/mol. The van der Waals surface area contributed by atoms with E-state index in [-0.39, 0.29) is 18.4 Å². The molecule has 0 aliphatic carbocycles. The summed E-state index contributed by atoms with van der Waals surface area (Å²) in [7, 11) is 0. The molecule has 86 valence electrons. The van der Waals surface area contributed by atoms with E-state index in [1.54, 1.807) is 19.1 Å². The minimum Gasteiger partial charge on any atom is -0.334 e. The fourth-order valence-electron chi connectivity index (χ4n) is 1.69. The van der Waals surface area contributed by atoms with Gasteiger partial charge in [-0.2, -0.15) is 5.26 Å². The Kier molecular flexibility index (Phi) is 2.75. The van der Waals surface area contributed by atoms with Gasteiger partial charge in [-0.25, -0.2) is 4.98 Å². The standard InChI is InChI=1S/C11H10N4O2/c1-7-11(17)14-9(16)6-15(7)10-8(5-12)3-2-4-13-10/h2-4,7H,6H2,1H3,(H,14,16,17). The highest BCUT2D eigenvalue weighted by Crippen LogP contribution is 2.20. The van der Waals surface area contributed by atoms with Crippen molar-refractivity contribution in [2.45, 2.75) is 13.0 Å². The highest BCUT2D eigenvalue weighted by Gasteiger charge is 2.32. The number of rotatable bonds is 1. The molecule has 2 rings (SSSR count). The first-order valence-corrected chi connectivity index (χ1v) is 5.09. The lowest BCUT2D eigenvalue weighted by atomic mass is 10.1. The van der Waals surface area contributed by atoms with Crippen molar-refractivity contribution in [3.05, 3.63) is 23.9 Å². The molecule has 0 radical (unpaired) electrons. The van der Waals surface area contributed by atoms with Crippen LogP contribution in [0.15, 0.2) is 18.3 Å². The smallest absolute Gasteiger partial charge is 0.249 e. The molecule has 1 atom stereocenters. The number of aromatic nitrogens is 1. The molecule has 1 saturated heterocycles. The normalized spacial score (nSPS) is 19.8. The van der Waals surface area contributed by atoms with Crippen molar-refractivity contribution in [3.8, 4) is 6.07 Å². The van der Waals surface area contributed by atoms with Crippen molar-refractivity contribution in [1.29, 1.82) is 5.26 Å². The van der Waals surface area contributed by atoms with Gasteiger partial charge in [-0.15, -0.1) is 0 Å². The summed E-state index contributed by atoms with van der Waals surface area (Å²) in [6.45, 7) is 1.69. The van der Waals surface area contributed by atoms with Gasteiger partial charge in [0.05, 0.1) is 12.1 Å². The molecule has 6 heteroatoms. The highest BCUT2D eigenvalue weighted by atomic mass is 16.2. The third kappa shape index (κ3) is 1.95. The van der Waals surface area contributed by atoms with Crippen LogP contribution in [0.25, 0.3) is 0 Å². The molecule has 1 aromatic heterocycles. The van der Waals surface area contributed by atoms with Crippen molar-refractivity contribution in [2.75, 3.05) is 11.4 Å². The molecule has 1 N–H and O–H groups in total. The van der Waals surface area contributed by atoms with Crippen LogP contribution < -0.4 is 10.2 Å². The lowest BCUT2D eigenvalue weighted by molar-refractivity contribution is -0.132. The van der Waals surface area contributed by atoms with Crippen LogP contribution in [0.2, 0.25) is 0 Å². The summed E-state index contributed by atoms with van der Waals surface area (Å²) in [5, 5.41) is 11.2. The SMILES string of the molecule is CC1C(=O)NC(=O)CN1c1ncccc1C#N. The first-order valence-electron chi connectivity index (χ1n) is 5.09. The molecule has 1 unspecified atom stereocenters. The molecule has 1 aliphatic rings. The van der Waals surface area contributed by atoms with Gasteiger partial charge < -0.3 is 4.90 Å². The van der Waals surface area contributed by atoms with Crippen LogP contribution in [0.5, 0.6) is 0 Å². The molecule has 0 saturated carbocycles. The van der Waals surface area contributed by atoms with Crippen LogP contribution in [0.4, 0.5) is 5.82 Å². The van der Waals surface area contributed by atoms with Crippen LogP contribution in [0.1, 0.15) is 12.5 Å². The molecule has 17 heavy (non-hydrogen) atoms. The number of amides is 2. The van der Waals surface area contributed by atoms with Gasteiger partial charge in [0.2, 0.25) is 11.8 Å². The van der Waals surface area contributed by atoms with Crippen molar-refractivity contribution in [1.82, 2.24) is 10.3 Å². The van der Waals surface area contributed by atoms with Crippen LogP contribution in [0, 0.1) is 11.3 Å². The summed E-state index contributed by atoms with van der Waals surface area (Å²) >= 11 is 0. The van der Waals surface area contributed by atoms with E-state index in [9.17, 15) is 9.59 Å². The Balaban J connectivity index is 2.42. The maximum Gasteiger partial charge on any atom is 0.249 e. The van der Waals surface area contributed by atoms with Crippen LogP contribution in [0.3, 0.4) is 0 Å². The van der Waals surface area contributed by atoms with Crippen LogP contribution >= 0.6 is 0 Å². The van der Waals surface area contributed by atoms with Gasteiger partial charge in [0.25, 0.3) is 0 Å². The van der Waals surface area contributed by atoms with E-state index in [1.165, 1.54) is 11.1 Å². The summed E-state index contributed by atoms with van der Waals surface area (Å²) in [6.07, 6.45) is 1.53. The average molecular weight is 230 g/mol. The molecular weight excluding hydrogens is 220 g/mol. The monoisotopic (exact) mass is 230 g/mol. The lowest BCUT2D eigenvalue weighted by Crippen LogP contribution is -2.57. The highest BCUT2D eigenvalue weighted by molar-refractivity contribution is 6.04. The number of hydrogen-bond donors (Lipinski definition) is 1. The maximum absolute atomic E-state index is 11.5. The number of carbonyl (C=O) groups excluding carboxylic acids is 2. The van der Waals surface area contributed by atoms with Crippen LogP contribution in [-0.2, 0) is 9.59 Å². The first kappa shape index (κ1) is 11.1. The van der Waals surface area contributed by atoms with Gasteiger partial charge in [-0.05, 0) is 19.1 Å². The van der Waals surface area contributed by atoms with Gasteiger partial charge in [0, 0.05) is 6.20 Å². The Morgan fingerprint density at radius 2 is 2.35 bits per heavy atom. The van der Waals surface area contributed by atoms with E-state index in [2.05, 4.69) is 10.3 Å². The zero-order valence-corrected chi connectivity index (χ0v) is 9.17. The molecular formula is C11H10N4O2. The Hall–Kier alpha value is -2.42. The van der Waals surface area contributed by atoms with Gasteiger partial charge in [0.1, 0.15) is 17.9 Å². The number of imide groups is 1. The van der Waals surface area contributed by atoms with Gasteiger partial charge in [-0.1, -0.05) is 0 Å². The minimum atomic E-state index is -0.519. The number of piperazine rings is 1. The molecule has 1 aliphatic heterocycles. The van der Waals surface area contributed by atoms with E-state index in [0.29, 0.717) is 11.4 Å². The maximum atomic E-state index is 11.5. The molecule has 2 heterocycles. The number of carbonyl (C=O) groups is 2. The zero-order chi connectivity index (χ0) is 12.4. The Labute approximate surface area is 97.9 Å². The fraction of sp³-hybridized carbons (Fsp3) is 0.273. The van der Waals surface area contributed by atoms with Gasteiger partial charge in [-0.3, -0.25) is 14.9 Å². The van der Waals surface area contributed by atoms with Crippen molar-refractivity contribution in [3.63, 3.8) is 0 Å². The molecule has 1 aromatic rings. The summed E-state index contributed by atoms with van der Waals surface area (Å²) in [5.41, 5.74) is 0.349. The van der Waals surface area contributed by atoms with Crippen molar-refractivity contribution < 1.29 is 9.59 Å². The van der Waals surface area contributed by atoms with E-state index in [4.69, 9.17) is 5.26 Å². The molecule has 2 amide bonds. The van der Waals surface area contributed by atoms with E-state index in [1.807, 2.05) is 6.07 Å². The second-order valence-electron chi connectivity index (χ2n) is 3.70. The number of nitrogens with zero attached hydrogens (tertiary/aromatic N) is 3. The number of anilines is 1. The molecule has 6 nitrogen and oxygen atoms in total. The fourth-order valence-corrected chi connectivity index (χ4v) is 1.69. The number of pyridine rings is 1. The number of nitrogens with one attached hydrogen (secondary N) is 1. The lowest BCUT2D eigenvalue weighted by Gasteiger charge is -2.32.